The number of nitrogens with zero attached hydrogens (tertiary/aromatic N) is 8. The Morgan fingerprint density at radius 2 is 1.64 bits per heavy atom. The number of ether oxygens (including phenoxy) is 2. The molecule has 1 amide bonds. The summed E-state index contributed by atoms with van der Waals surface area (Å²) in [6, 6.07) is 18.7. The Balaban J connectivity index is 0.000000190. The number of anilines is 6. The molecule has 1 aliphatic heterocycles. The number of likely N-dealkylation sites (N-methyl/N-ethyl adjacent to an activating group) is 2. The summed E-state index contributed by atoms with van der Waals surface area (Å²) in [6.07, 6.45) is 9.56. The number of rotatable bonds is 7. The lowest BCUT2D eigenvalue weighted by Crippen LogP contribution is -2.25. The van der Waals surface area contributed by atoms with Crippen LogP contribution in [0.3, 0.4) is 0 Å². The van der Waals surface area contributed by atoms with Gasteiger partial charge in [0, 0.05) is 44.2 Å². The van der Waals surface area contributed by atoms with E-state index < -0.39 is 11.9 Å². The maximum Gasteiger partial charge on any atom is 0.358 e. The minimum Gasteiger partial charge on any atom is -0.492 e. The van der Waals surface area contributed by atoms with E-state index in [1.54, 1.807) is 49.2 Å². The number of nitrogens with one attached hydrogen (secondary N) is 1. The van der Waals surface area contributed by atoms with Crippen molar-refractivity contribution in [2.45, 2.75) is 6.61 Å². The molecule has 0 unspecified atom stereocenters. The van der Waals surface area contributed by atoms with E-state index in [1.807, 2.05) is 66.4 Å². The third kappa shape index (κ3) is 9.39. The van der Waals surface area contributed by atoms with Gasteiger partial charge in [0.1, 0.15) is 12.4 Å². The van der Waals surface area contributed by atoms with Gasteiger partial charge in [-0.3, -0.25) is 14.8 Å². The largest absolute Gasteiger partial charge is 0.492 e. The van der Waals surface area contributed by atoms with Crippen LogP contribution in [-0.4, -0.2) is 87.3 Å². The molecule has 0 saturated heterocycles. The molecule has 4 bridgehead atoms. The molecule has 286 valence electrons. The van der Waals surface area contributed by atoms with Crippen molar-refractivity contribution in [3.8, 4) is 28.3 Å². The van der Waals surface area contributed by atoms with Gasteiger partial charge < -0.3 is 46.9 Å². The molecule has 0 saturated carbocycles. The van der Waals surface area contributed by atoms with E-state index in [-0.39, 0.29) is 23.0 Å². The number of carbonyl (C=O) groups is 2. The fourth-order valence-corrected chi connectivity index (χ4v) is 5.64. The number of fused-ring (bicyclic) bond motifs is 6. The molecule has 56 heavy (non-hydrogen) atoms. The third-order valence-corrected chi connectivity index (χ3v) is 8.60. The summed E-state index contributed by atoms with van der Waals surface area (Å²) >= 11 is 0. The van der Waals surface area contributed by atoms with Gasteiger partial charge in [-0.25, -0.2) is 24.7 Å². The summed E-state index contributed by atoms with van der Waals surface area (Å²) in [6.45, 7) is 2.72. The van der Waals surface area contributed by atoms with Crippen LogP contribution in [0.1, 0.15) is 26.5 Å². The van der Waals surface area contributed by atoms with Gasteiger partial charge in [0.25, 0.3) is 5.91 Å². The van der Waals surface area contributed by atoms with Crippen molar-refractivity contribution < 1.29 is 24.2 Å². The first-order valence-electron chi connectivity index (χ1n) is 17.3. The van der Waals surface area contributed by atoms with E-state index in [1.165, 1.54) is 6.20 Å². The zero-order valence-electron chi connectivity index (χ0n) is 30.7. The molecule has 2 aromatic carbocycles. The molecular weight excluding hydrogens is 717 g/mol. The summed E-state index contributed by atoms with van der Waals surface area (Å²) in [4.78, 5) is 52.7. The second-order valence-electron chi connectivity index (χ2n) is 12.5. The Labute approximate surface area is 322 Å². The number of aromatic nitrogens is 6. The molecule has 0 spiro atoms. The SMILES string of the molecule is CN(CCOc1cccc(-c2cnc(N)c(C(=O)O)n2)c1)c1ccncc1N.CN1CCOCc2cccc(c2)-c2cnc(N)c(n2)C(=O)Nc2cnccc21. The minimum atomic E-state index is -1.22. The van der Waals surface area contributed by atoms with Crippen LogP contribution in [0, 0.1) is 0 Å². The van der Waals surface area contributed by atoms with Crippen molar-refractivity contribution >= 4 is 46.3 Å². The molecule has 6 aromatic rings. The lowest BCUT2D eigenvalue weighted by molar-refractivity contribution is 0.0691. The average molecular weight is 757 g/mol. The number of benzene rings is 2. The molecule has 17 nitrogen and oxygen atoms in total. The van der Waals surface area contributed by atoms with Crippen LogP contribution >= 0.6 is 0 Å². The maximum atomic E-state index is 12.9. The second-order valence-corrected chi connectivity index (χ2v) is 12.5. The second kappa shape index (κ2) is 17.6. The molecular formula is C39H40N12O5. The first-order chi connectivity index (χ1) is 27.1. The average Bonchev–Trinajstić information content (AvgIpc) is 3.20. The van der Waals surface area contributed by atoms with Crippen molar-refractivity contribution in [2.75, 3.05) is 72.7 Å². The van der Waals surface area contributed by atoms with Crippen LogP contribution in [0.2, 0.25) is 0 Å². The highest BCUT2D eigenvalue weighted by atomic mass is 16.5. The number of nitrogens with two attached hydrogens (primary N) is 3. The van der Waals surface area contributed by atoms with Crippen LogP contribution in [-0.2, 0) is 11.3 Å². The summed E-state index contributed by atoms with van der Waals surface area (Å²) in [5.41, 5.74) is 23.6. The van der Waals surface area contributed by atoms with Crippen molar-refractivity contribution in [3.63, 3.8) is 0 Å². The molecule has 4 aromatic heterocycles. The maximum absolute atomic E-state index is 12.9. The van der Waals surface area contributed by atoms with Crippen LogP contribution in [0.15, 0.2) is 97.8 Å². The standard InChI is InChI=1S/C20H20N6O2.C19H20N6O3/c1-26-7-8-28-12-13-3-2-4-14(9-13)15-11-23-19(21)18(24-15)20(27)25-16-10-22-6-5-17(16)26;1-25(16-5-6-22-10-14(16)20)7-8-28-13-4-2-3-12(9-13)15-11-23-18(21)17(24-15)19(26)27/h2-6,9-11H,7-8,12H2,1H3,(H2,21,23)(H,25,27);2-6,9-11H,7-8,20H2,1H3,(H2,21,23)(H,26,27). The quantitative estimate of drug-likeness (QED) is 0.153. The Hall–Kier alpha value is -7.40. The highest BCUT2D eigenvalue weighted by molar-refractivity contribution is 6.07. The van der Waals surface area contributed by atoms with Crippen LogP contribution in [0.4, 0.5) is 34.4 Å². The Morgan fingerprint density at radius 1 is 0.929 bits per heavy atom. The predicted octanol–water partition coefficient (Wildman–Crippen LogP) is 4.26. The van der Waals surface area contributed by atoms with E-state index in [9.17, 15) is 9.59 Å². The number of carboxylic acids is 1. The van der Waals surface area contributed by atoms with E-state index in [0.29, 0.717) is 67.0 Å². The van der Waals surface area contributed by atoms with Gasteiger partial charge in [-0.1, -0.05) is 30.3 Å². The van der Waals surface area contributed by atoms with Crippen LogP contribution in [0.5, 0.6) is 5.75 Å². The first kappa shape index (κ1) is 38.3. The van der Waals surface area contributed by atoms with Crippen LogP contribution in [0.25, 0.3) is 22.5 Å². The number of hydrogen-bond acceptors (Lipinski definition) is 15. The van der Waals surface area contributed by atoms with Crippen molar-refractivity contribution in [1.82, 2.24) is 29.9 Å². The topological polar surface area (TPSA) is 247 Å². The molecule has 1 aliphatic rings. The van der Waals surface area contributed by atoms with Gasteiger partial charge >= 0.3 is 5.97 Å². The molecule has 0 aliphatic carbocycles. The molecule has 0 radical (unpaired) electrons. The van der Waals surface area contributed by atoms with Gasteiger partial charge in [-0.15, -0.1) is 0 Å². The number of aromatic carboxylic acids is 1. The number of nitrogen functional groups attached to an aromatic ring is 3. The van der Waals surface area contributed by atoms with Crippen molar-refractivity contribution in [3.05, 3.63) is 115 Å². The zero-order chi connectivity index (χ0) is 39.6. The van der Waals surface area contributed by atoms with Gasteiger partial charge in [0.15, 0.2) is 23.0 Å². The highest BCUT2D eigenvalue weighted by Gasteiger charge is 2.19. The van der Waals surface area contributed by atoms with Gasteiger partial charge in [0.2, 0.25) is 0 Å². The zero-order valence-corrected chi connectivity index (χ0v) is 30.7. The minimum absolute atomic E-state index is 0.0730. The van der Waals surface area contributed by atoms with Crippen LogP contribution < -0.4 is 37.1 Å². The molecule has 8 N–H and O–H groups in total. The van der Waals surface area contributed by atoms with Gasteiger partial charge in [-0.2, -0.15) is 0 Å². The molecule has 7 rings (SSSR count). The number of carboxylic acid groups (broad SMARTS) is 1. The number of hydrogen-bond donors (Lipinski definition) is 5. The summed E-state index contributed by atoms with van der Waals surface area (Å²) in [7, 11) is 3.85. The number of pyridine rings is 2. The van der Waals surface area contributed by atoms with Crippen molar-refractivity contribution in [1.29, 1.82) is 0 Å². The Morgan fingerprint density at radius 3 is 2.43 bits per heavy atom. The lowest BCUT2D eigenvalue weighted by Gasteiger charge is -2.22. The molecule has 17 heteroatoms. The summed E-state index contributed by atoms with van der Waals surface area (Å²) < 4.78 is 11.6. The molecule has 0 fully saturated rings. The molecule has 5 heterocycles. The molecule has 0 atom stereocenters. The highest BCUT2D eigenvalue weighted by Crippen LogP contribution is 2.27. The monoisotopic (exact) mass is 756 g/mol. The Bertz CT molecular complexity index is 2340. The fraction of sp³-hybridized carbons (Fsp3) is 0.179. The summed E-state index contributed by atoms with van der Waals surface area (Å²) in [5, 5.41) is 12.0. The van der Waals surface area contributed by atoms with E-state index >= 15 is 0 Å². The smallest absolute Gasteiger partial charge is 0.358 e. The van der Waals surface area contributed by atoms with Crippen molar-refractivity contribution in [2.24, 2.45) is 0 Å². The normalized spacial score (nSPS) is 12.5. The van der Waals surface area contributed by atoms with E-state index in [4.69, 9.17) is 31.8 Å². The fourth-order valence-electron chi connectivity index (χ4n) is 5.64. The van der Waals surface area contributed by atoms with E-state index in [2.05, 4.69) is 35.2 Å². The lowest BCUT2D eigenvalue weighted by atomic mass is 10.1. The number of amides is 1. The van der Waals surface area contributed by atoms with E-state index in [0.717, 1.165) is 22.5 Å². The Kier molecular flexibility index (Phi) is 12.1. The first-order valence-corrected chi connectivity index (χ1v) is 17.3. The summed E-state index contributed by atoms with van der Waals surface area (Å²) in [5.74, 6) is -1.08. The third-order valence-electron chi connectivity index (χ3n) is 8.60. The van der Waals surface area contributed by atoms with Gasteiger partial charge in [-0.05, 0) is 35.9 Å². The van der Waals surface area contributed by atoms with Gasteiger partial charge in [0.05, 0.1) is 78.7 Å². The predicted molar refractivity (Wildman–Crippen MR) is 213 cm³/mol. The number of carbonyl (C=O) groups excluding carboxylic acids is 1.